The summed E-state index contributed by atoms with van der Waals surface area (Å²) in [6, 6.07) is 3.62. The summed E-state index contributed by atoms with van der Waals surface area (Å²) in [4.78, 5) is 27.6. The molecule has 1 aromatic carbocycles. The molecule has 0 radical (unpaired) electrons. The number of benzene rings is 1. The van der Waals surface area contributed by atoms with Crippen LogP contribution in [0.5, 0.6) is 11.5 Å². The van der Waals surface area contributed by atoms with Gasteiger partial charge in [0.05, 0.1) is 0 Å². The molecule has 0 saturated carbocycles. The first-order valence-electron chi connectivity index (χ1n) is 7.51. The average molecular weight is 304 g/mol. The quantitative estimate of drug-likeness (QED) is 0.779. The summed E-state index contributed by atoms with van der Waals surface area (Å²) >= 11 is 0. The second-order valence-electron chi connectivity index (χ2n) is 5.61. The molecule has 0 aliphatic carbocycles. The number of rotatable bonds is 1. The number of carbonyl (C=O) groups excluding carboxylic acids is 2. The molecule has 1 aromatic rings. The fraction of sp³-hybridized carbons (Fsp3) is 0.500. The maximum absolute atomic E-state index is 12.7. The van der Waals surface area contributed by atoms with Crippen LogP contribution in [-0.4, -0.2) is 61.0 Å². The van der Waals surface area contributed by atoms with E-state index >= 15 is 0 Å². The van der Waals surface area contributed by atoms with Gasteiger partial charge in [-0.05, 0) is 24.6 Å². The van der Waals surface area contributed by atoms with Crippen LogP contribution in [0.1, 0.15) is 22.8 Å². The first-order chi connectivity index (χ1) is 10.6. The normalized spacial score (nSPS) is 17.4. The van der Waals surface area contributed by atoms with E-state index in [9.17, 15) is 9.59 Å². The molecule has 2 heterocycles. The summed E-state index contributed by atoms with van der Waals surface area (Å²) in [5.41, 5.74) is 1.52. The van der Waals surface area contributed by atoms with Crippen molar-refractivity contribution in [2.75, 3.05) is 39.4 Å². The van der Waals surface area contributed by atoms with Crippen LogP contribution < -0.4 is 9.47 Å². The Kier molecular flexibility index (Phi) is 3.92. The van der Waals surface area contributed by atoms with Crippen molar-refractivity contribution in [3.63, 3.8) is 0 Å². The van der Waals surface area contributed by atoms with E-state index in [1.54, 1.807) is 22.8 Å². The summed E-state index contributed by atoms with van der Waals surface area (Å²) in [6.45, 7) is 6.79. The Morgan fingerprint density at radius 3 is 2.09 bits per heavy atom. The molecule has 1 saturated heterocycles. The summed E-state index contributed by atoms with van der Waals surface area (Å²) in [5.74, 6) is 1.37. The number of hydrogen-bond acceptors (Lipinski definition) is 4. The lowest BCUT2D eigenvalue weighted by Gasteiger charge is -2.34. The topological polar surface area (TPSA) is 59.1 Å². The Hall–Kier alpha value is -2.24. The van der Waals surface area contributed by atoms with Crippen LogP contribution in [0.25, 0.3) is 0 Å². The van der Waals surface area contributed by atoms with Crippen molar-refractivity contribution < 1.29 is 19.1 Å². The number of amides is 2. The van der Waals surface area contributed by atoms with Gasteiger partial charge in [0, 0.05) is 38.7 Å². The smallest absolute Gasteiger partial charge is 0.254 e. The van der Waals surface area contributed by atoms with Gasteiger partial charge in [-0.1, -0.05) is 0 Å². The lowest BCUT2D eigenvalue weighted by Crippen LogP contribution is -2.50. The molecule has 0 N–H and O–H groups in total. The van der Waals surface area contributed by atoms with Crippen molar-refractivity contribution in [3.05, 3.63) is 23.3 Å². The molecular weight excluding hydrogens is 284 g/mol. The maximum atomic E-state index is 12.7. The van der Waals surface area contributed by atoms with Gasteiger partial charge in [-0.15, -0.1) is 0 Å². The van der Waals surface area contributed by atoms with Crippen LogP contribution in [0.2, 0.25) is 0 Å². The first-order valence-corrected chi connectivity index (χ1v) is 7.51. The standard InChI is InChI=1S/C16H20N2O4/c1-11-9-14-15(22-8-7-21-14)10-13(11)16(20)18-5-3-17(4-6-18)12(2)19/h9-10H,3-8H2,1-2H3. The van der Waals surface area contributed by atoms with Gasteiger partial charge in [-0.2, -0.15) is 0 Å². The molecule has 118 valence electrons. The van der Waals surface area contributed by atoms with Crippen LogP contribution >= 0.6 is 0 Å². The SMILES string of the molecule is CC(=O)N1CCN(C(=O)c2cc3c(cc2C)OCCO3)CC1. The summed E-state index contributed by atoms with van der Waals surface area (Å²) < 4.78 is 11.1. The molecule has 0 atom stereocenters. The second-order valence-corrected chi connectivity index (χ2v) is 5.61. The van der Waals surface area contributed by atoms with Crippen molar-refractivity contribution in [1.82, 2.24) is 9.80 Å². The minimum Gasteiger partial charge on any atom is -0.486 e. The maximum Gasteiger partial charge on any atom is 0.254 e. The van der Waals surface area contributed by atoms with Crippen LogP contribution in [0.3, 0.4) is 0 Å². The molecular formula is C16H20N2O4. The number of fused-ring (bicyclic) bond motifs is 1. The number of carbonyl (C=O) groups is 2. The first kappa shape index (κ1) is 14.7. The van der Waals surface area contributed by atoms with Gasteiger partial charge < -0.3 is 19.3 Å². The number of ether oxygens (including phenoxy) is 2. The molecule has 0 bridgehead atoms. The Balaban J connectivity index is 1.77. The van der Waals surface area contributed by atoms with E-state index in [0.29, 0.717) is 56.5 Å². The third-order valence-corrected chi connectivity index (χ3v) is 4.13. The zero-order valence-electron chi connectivity index (χ0n) is 12.9. The van der Waals surface area contributed by atoms with Crippen molar-refractivity contribution >= 4 is 11.8 Å². The van der Waals surface area contributed by atoms with Crippen LogP contribution in [0, 0.1) is 6.92 Å². The zero-order chi connectivity index (χ0) is 15.7. The van der Waals surface area contributed by atoms with Crippen LogP contribution in [0.15, 0.2) is 12.1 Å². The van der Waals surface area contributed by atoms with E-state index in [1.807, 2.05) is 13.0 Å². The van der Waals surface area contributed by atoms with E-state index < -0.39 is 0 Å². The fourth-order valence-electron chi connectivity index (χ4n) is 2.82. The van der Waals surface area contributed by atoms with E-state index in [2.05, 4.69) is 0 Å². The Morgan fingerprint density at radius 2 is 1.50 bits per heavy atom. The van der Waals surface area contributed by atoms with E-state index in [4.69, 9.17) is 9.47 Å². The monoisotopic (exact) mass is 304 g/mol. The zero-order valence-corrected chi connectivity index (χ0v) is 12.9. The highest BCUT2D eigenvalue weighted by atomic mass is 16.6. The van der Waals surface area contributed by atoms with Gasteiger partial charge in [0.1, 0.15) is 13.2 Å². The lowest BCUT2D eigenvalue weighted by molar-refractivity contribution is -0.130. The highest BCUT2D eigenvalue weighted by Crippen LogP contribution is 2.33. The number of hydrogen-bond donors (Lipinski definition) is 0. The highest BCUT2D eigenvalue weighted by Gasteiger charge is 2.25. The predicted octanol–water partition coefficient (Wildman–Crippen LogP) is 1.07. The molecule has 0 unspecified atom stereocenters. The molecule has 2 aliphatic rings. The number of nitrogens with zero attached hydrogens (tertiary/aromatic N) is 2. The summed E-state index contributed by atoms with van der Waals surface area (Å²) in [7, 11) is 0. The van der Waals surface area contributed by atoms with E-state index in [0.717, 1.165) is 5.56 Å². The molecule has 6 heteroatoms. The lowest BCUT2D eigenvalue weighted by atomic mass is 10.1. The van der Waals surface area contributed by atoms with Crippen molar-refractivity contribution in [2.24, 2.45) is 0 Å². The third-order valence-electron chi connectivity index (χ3n) is 4.13. The molecule has 0 aromatic heterocycles. The Morgan fingerprint density at radius 1 is 0.955 bits per heavy atom. The molecule has 1 fully saturated rings. The minimum atomic E-state index is -0.0160. The van der Waals surface area contributed by atoms with Gasteiger partial charge in [0.15, 0.2) is 11.5 Å². The predicted molar refractivity (Wildman–Crippen MR) is 80.3 cm³/mol. The third kappa shape index (κ3) is 2.73. The molecule has 6 nitrogen and oxygen atoms in total. The number of aryl methyl sites for hydroxylation is 1. The minimum absolute atomic E-state index is 0.0160. The van der Waals surface area contributed by atoms with Crippen molar-refractivity contribution in [1.29, 1.82) is 0 Å². The Bertz CT molecular complexity index is 606. The van der Waals surface area contributed by atoms with Gasteiger partial charge in [-0.25, -0.2) is 0 Å². The van der Waals surface area contributed by atoms with Crippen molar-refractivity contribution in [2.45, 2.75) is 13.8 Å². The van der Waals surface area contributed by atoms with Gasteiger partial charge >= 0.3 is 0 Å². The fourth-order valence-corrected chi connectivity index (χ4v) is 2.82. The second kappa shape index (κ2) is 5.87. The molecule has 2 aliphatic heterocycles. The highest BCUT2D eigenvalue weighted by molar-refractivity contribution is 5.96. The average Bonchev–Trinajstić information content (AvgIpc) is 2.53. The Labute approximate surface area is 129 Å². The largest absolute Gasteiger partial charge is 0.486 e. The van der Waals surface area contributed by atoms with E-state index in [-0.39, 0.29) is 11.8 Å². The summed E-state index contributed by atoms with van der Waals surface area (Å²) in [6.07, 6.45) is 0. The van der Waals surface area contributed by atoms with Crippen molar-refractivity contribution in [3.8, 4) is 11.5 Å². The molecule has 2 amide bonds. The van der Waals surface area contributed by atoms with Gasteiger partial charge in [0.25, 0.3) is 5.91 Å². The molecule has 22 heavy (non-hydrogen) atoms. The molecule has 0 spiro atoms. The van der Waals surface area contributed by atoms with Crippen LogP contribution in [0.4, 0.5) is 0 Å². The number of piperazine rings is 1. The molecule has 3 rings (SSSR count). The van der Waals surface area contributed by atoms with E-state index in [1.165, 1.54) is 0 Å². The van der Waals surface area contributed by atoms with Gasteiger partial charge in [-0.3, -0.25) is 9.59 Å². The van der Waals surface area contributed by atoms with Crippen LogP contribution in [-0.2, 0) is 4.79 Å². The summed E-state index contributed by atoms with van der Waals surface area (Å²) in [5, 5.41) is 0. The van der Waals surface area contributed by atoms with Gasteiger partial charge in [0.2, 0.25) is 5.91 Å².